The summed E-state index contributed by atoms with van der Waals surface area (Å²) in [5.41, 5.74) is 0. The van der Waals surface area contributed by atoms with Gasteiger partial charge in [-0.1, -0.05) is 12.1 Å². The van der Waals surface area contributed by atoms with Gasteiger partial charge in [0.05, 0.1) is 6.20 Å². The van der Waals surface area contributed by atoms with Gasteiger partial charge in [-0.25, -0.2) is 4.98 Å². The Balaban J connectivity index is 2.26. The minimum atomic E-state index is 0.0833. The molecule has 2 N–H and O–H groups in total. The zero-order chi connectivity index (χ0) is 10.7. The number of nitrogens with one attached hydrogen (secondary N) is 1. The van der Waals surface area contributed by atoms with Gasteiger partial charge < -0.3 is 14.8 Å². The molecule has 1 aromatic heterocycles. The van der Waals surface area contributed by atoms with Gasteiger partial charge >= 0.3 is 0 Å². The van der Waals surface area contributed by atoms with Crippen LogP contribution in [0.1, 0.15) is 0 Å². The van der Waals surface area contributed by atoms with Gasteiger partial charge in [-0.15, -0.1) is 0 Å². The van der Waals surface area contributed by atoms with Crippen LogP contribution in [-0.2, 0) is 0 Å². The van der Waals surface area contributed by atoms with E-state index in [0.717, 1.165) is 0 Å². The van der Waals surface area contributed by atoms with E-state index in [4.69, 9.17) is 17.0 Å². The molecule has 0 bridgehead atoms. The van der Waals surface area contributed by atoms with Crippen LogP contribution in [0.3, 0.4) is 0 Å². The summed E-state index contributed by atoms with van der Waals surface area (Å²) in [6, 6.07) is 6.71. The number of aromatic hydroxyl groups is 1. The van der Waals surface area contributed by atoms with Crippen LogP contribution in [0.15, 0.2) is 36.7 Å². The Morgan fingerprint density at radius 1 is 1.33 bits per heavy atom. The summed E-state index contributed by atoms with van der Waals surface area (Å²) < 4.78 is 5.76. The molecule has 4 nitrogen and oxygen atoms in total. The number of para-hydroxylation sites is 2. The van der Waals surface area contributed by atoms with E-state index in [1.165, 1.54) is 6.20 Å². The molecule has 0 aliphatic heterocycles. The number of nitrogens with zero attached hydrogens (tertiary/aromatic N) is 1. The average molecular weight is 220 g/mol. The fraction of sp³-hybridized carbons (Fsp3) is 0. The number of rotatable bonds is 2. The molecule has 0 saturated heterocycles. The highest BCUT2D eigenvalue weighted by atomic mass is 32.1. The highest BCUT2D eigenvalue weighted by molar-refractivity contribution is 7.71. The van der Waals surface area contributed by atoms with Crippen LogP contribution in [0, 0.1) is 4.77 Å². The van der Waals surface area contributed by atoms with Gasteiger partial charge in [0.2, 0.25) is 0 Å². The molecule has 1 aromatic carbocycles. The standard InChI is InChI=1S/C10H8N2O2S/c13-8-3-1-2-4-9(8)14-7-5-11-10(15)12-6-7/h1-6,13H,(H,11,12,15). The van der Waals surface area contributed by atoms with Crippen LogP contribution in [0.4, 0.5) is 0 Å². The molecule has 0 atom stereocenters. The van der Waals surface area contributed by atoms with Gasteiger partial charge in [-0.05, 0) is 24.4 Å². The minimum Gasteiger partial charge on any atom is -0.504 e. The predicted octanol–water partition coefficient (Wildman–Crippen LogP) is 2.64. The second-order valence-electron chi connectivity index (χ2n) is 2.82. The molecule has 2 aromatic rings. The highest BCUT2D eigenvalue weighted by Gasteiger charge is 2.01. The molecule has 15 heavy (non-hydrogen) atoms. The third-order valence-electron chi connectivity index (χ3n) is 1.74. The van der Waals surface area contributed by atoms with Crippen molar-refractivity contribution < 1.29 is 9.84 Å². The maximum atomic E-state index is 9.45. The van der Waals surface area contributed by atoms with Crippen molar-refractivity contribution in [2.45, 2.75) is 0 Å². The largest absolute Gasteiger partial charge is 0.504 e. The summed E-state index contributed by atoms with van der Waals surface area (Å²) in [6.45, 7) is 0. The number of hydrogen-bond donors (Lipinski definition) is 2. The molecule has 0 saturated carbocycles. The first-order valence-corrected chi connectivity index (χ1v) is 4.67. The second kappa shape index (κ2) is 4.10. The lowest BCUT2D eigenvalue weighted by Crippen LogP contribution is -1.87. The van der Waals surface area contributed by atoms with E-state index in [2.05, 4.69) is 9.97 Å². The van der Waals surface area contributed by atoms with Gasteiger partial charge in [0, 0.05) is 6.20 Å². The van der Waals surface area contributed by atoms with E-state index in [1.807, 2.05) is 0 Å². The summed E-state index contributed by atoms with van der Waals surface area (Å²) in [4.78, 5) is 6.59. The van der Waals surface area contributed by atoms with Crippen molar-refractivity contribution in [1.29, 1.82) is 0 Å². The van der Waals surface area contributed by atoms with Crippen LogP contribution in [0.5, 0.6) is 17.2 Å². The maximum Gasteiger partial charge on any atom is 0.196 e. The predicted molar refractivity (Wildman–Crippen MR) is 57.6 cm³/mol. The molecular formula is C10H8N2O2S. The number of H-pyrrole nitrogens is 1. The number of hydrogen-bond acceptors (Lipinski definition) is 4. The second-order valence-corrected chi connectivity index (χ2v) is 3.21. The summed E-state index contributed by atoms with van der Waals surface area (Å²) in [5, 5.41) is 9.45. The van der Waals surface area contributed by atoms with Crippen LogP contribution in [-0.4, -0.2) is 15.1 Å². The van der Waals surface area contributed by atoms with Gasteiger partial charge in [0.15, 0.2) is 22.0 Å². The van der Waals surface area contributed by atoms with Crippen LogP contribution < -0.4 is 4.74 Å². The van der Waals surface area contributed by atoms with Gasteiger partial charge in [-0.3, -0.25) is 0 Å². The van der Waals surface area contributed by atoms with E-state index in [9.17, 15) is 5.11 Å². The van der Waals surface area contributed by atoms with Crippen molar-refractivity contribution >= 4 is 12.2 Å². The summed E-state index contributed by atoms with van der Waals surface area (Å²) in [5.74, 6) is 0.954. The first-order chi connectivity index (χ1) is 7.25. The Morgan fingerprint density at radius 2 is 2.13 bits per heavy atom. The molecule has 76 valence electrons. The maximum absolute atomic E-state index is 9.45. The third-order valence-corrected chi connectivity index (χ3v) is 1.96. The van der Waals surface area contributed by atoms with E-state index in [0.29, 0.717) is 16.3 Å². The molecule has 0 spiro atoms. The molecule has 0 radical (unpaired) electrons. The fourth-order valence-corrected chi connectivity index (χ4v) is 1.17. The smallest absolute Gasteiger partial charge is 0.196 e. The van der Waals surface area contributed by atoms with Crippen molar-refractivity contribution in [2.75, 3.05) is 0 Å². The number of phenols is 1. The van der Waals surface area contributed by atoms with E-state index < -0.39 is 0 Å². The van der Waals surface area contributed by atoms with Crippen molar-refractivity contribution in [3.63, 3.8) is 0 Å². The zero-order valence-corrected chi connectivity index (χ0v) is 8.49. The topological polar surface area (TPSA) is 58.1 Å². The molecule has 0 fully saturated rings. The van der Waals surface area contributed by atoms with Crippen LogP contribution in [0.25, 0.3) is 0 Å². The van der Waals surface area contributed by atoms with E-state index in [-0.39, 0.29) is 5.75 Å². The Morgan fingerprint density at radius 3 is 2.80 bits per heavy atom. The summed E-state index contributed by atoms with van der Waals surface area (Å²) in [7, 11) is 0. The molecule has 0 unspecified atom stereocenters. The fourth-order valence-electron chi connectivity index (χ4n) is 1.06. The van der Waals surface area contributed by atoms with Crippen LogP contribution >= 0.6 is 12.2 Å². The zero-order valence-electron chi connectivity index (χ0n) is 7.68. The van der Waals surface area contributed by atoms with Gasteiger partial charge in [0.25, 0.3) is 0 Å². The van der Waals surface area contributed by atoms with E-state index >= 15 is 0 Å². The van der Waals surface area contributed by atoms with Crippen molar-refractivity contribution in [3.8, 4) is 17.2 Å². The van der Waals surface area contributed by atoms with Crippen molar-refractivity contribution in [2.24, 2.45) is 0 Å². The number of ether oxygens (including phenoxy) is 1. The molecule has 0 aliphatic rings. The summed E-state index contributed by atoms with van der Waals surface area (Å²) >= 11 is 4.79. The Labute approximate surface area is 91.2 Å². The lowest BCUT2D eigenvalue weighted by atomic mass is 10.3. The lowest BCUT2D eigenvalue weighted by molar-refractivity contribution is 0.409. The van der Waals surface area contributed by atoms with E-state index in [1.54, 1.807) is 30.5 Å². The SMILES string of the molecule is Oc1ccccc1Oc1cnc(=S)[nH]c1. The van der Waals surface area contributed by atoms with Crippen molar-refractivity contribution in [3.05, 3.63) is 41.4 Å². The van der Waals surface area contributed by atoms with Crippen molar-refractivity contribution in [1.82, 2.24) is 9.97 Å². The quantitative estimate of drug-likeness (QED) is 0.764. The summed E-state index contributed by atoms with van der Waals surface area (Å²) in [6.07, 6.45) is 3.08. The molecule has 1 heterocycles. The first-order valence-electron chi connectivity index (χ1n) is 4.26. The number of phenolic OH excluding ortho intramolecular Hbond substituents is 1. The van der Waals surface area contributed by atoms with Gasteiger partial charge in [0.1, 0.15) is 0 Å². The highest BCUT2D eigenvalue weighted by Crippen LogP contribution is 2.28. The first kappa shape index (κ1) is 9.67. The Kier molecular flexibility index (Phi) is 2.64. The van der Waals surface area contributed by atoms with Gasteiger partial charge in [-0.2, -0.15) is 0 Å². The molecule has 0 amide bonds. The number of benzene rings is 1. The Hall–Kier alpha value is -1.88. The number of aromatic amines is 1. The minimum absolute atomic E-state index is 0.0833. The molecule has 2 rings (SSSR count). The number of aromatic nitrogens is 2. The average Bonchev–Trinajstić information content (AvgIpc) is 2.25. The van der Waals surface area contributed by atoms with Crippen LogP contribution in [0.2, 0.25) is 0 Å². The third kappa shape index (κ3) is 2.32. The lowest BCUT2D eigenvalue weighted by Gasteiger charge is -2.05. The Bertz CT molecular complexity index is 504. The molecule has 0 aliphatic carbocycles. The normalized spacial score (nSPS) is 9.87. The monoisotopic (exact) mass is 220 g/mol. The molecular weight excluding hydrogens is 212 g/mol. The molecule has 5 heteroatoms.